The molecule has 2 N–H and O–H groups in total. The van der Waals surface area contributed by atoms with Crippen molar-refractivity contribution in [3.05, 3.63) is 57.7 Å². The third kappa shape index (κ3) is 4.55. The predicted octanol–water partition coefficient (Wildman–Crippen LogP) is 3.93. The minimum absolute atomic E-state index is 0.00919. The summed E-state index contributed by atoms with van der Waals surface area (Å²) in [6.45, 7) is 0. The molecule has 3 aromatic rings. The lowest BCUT2D eigenvalue weighted by Gasteiger charge is -1.99. The summed E-state index contributed by atoms with van der Waals surface area (Å²) in [7, 11) is 0. The molecule has 9 heteroatoms. The number of anilines is 2. The Morgan fingerprint density at radius 1 is 1.11 bits per heavy atom. The average Bonchev–Trinajstić information content (AvgIpc) is 3.24. The van der Waals surface area contributed by atoms with Gasteiger partial charge in [0, 0.05) is 12.3 Å². The number of carbonyl (C=O) groups is 2. The van der Waals surface area contributed by atoms with Crippen molar-refractivity contribution in [2.45, 2.75) is 19.3 Å². The molecule has 138 valence electrons. The van der Waals surface area contributed by atoms with E-state index in [1.807, 2.05) is 6.07 Å². The molecule has 2 heterocycles. The molecular formula is C18H15FN4O2S2. The maximum atomic E-state index is 13.2. The first kappa shape index (κ1) is 17.7. The standard InChI is InChI=1S/C18H15FN4O2S2/c19-12-3-1-2-10(8-12)9-15-22-23-18(27-15)21-17(25)13-6-7-14(26-13)20-16(24)11-4-5-11/h1-3,6-8,11H,4-5,9H2,(H,20,24)(H,21,23,25). The van der Waals surface area contributed by atoms with E-state index in [1.165, 1.54) is 34.8 Å². The number of aromatic nitrogens is 2. The summed E-state index contributed by atoms with van der Waals surface area (Å²) < 4.78 is 13.2. The van der Waals surface area contributed by atoms with Crippen LogP contribution in [0.4, 0.5) is 14.5 Å². The van der Waals surface area contributed by atoms with Crippen LogP contribution in [0.2, 0.25) is 0 Å². The maximum absolute atomic E-state index is 13.2. The minimum Gasteiger partial charge on any atom is -0.317 e. The van der Waals surface area contributed by atoms with Gasteiger partial charge in [-0.2, -0.15) is 0 Å². The molecule has 1 aromatic carbocycles. The molecule has 4 rings (SSSR count). The minimum atomic E-state index is -0.305. The van der Waals surface area contributed by atoms with Gasteiger partial charge in [0.1, 0.15) is 10.8 Å². The number of halogens is 1. The molecule has 0 unspecified atom stereocenters. The van der Waals surface area contributed by atoms with Crippen LogP contribution in [0.5, 0.6) is 0 Å². The van der Waals surface area contributed by atoms with E-state index in [1.54, 1.807) is 18.2 Å². The van der Waals surface area contributed by atoms with Crippen LogP contribution < -0.4 is 10.6 Å². The molecule has 27 heavy (non-hydrogen) atoms. The van der Waals surface area contributed by atoms with Gasteiger partial charge in [-0.1, -0.05) is 23.5 Å². The molecule has 0 atom stereocenters. The number of hydrogen-bond donors (Lipinski definition) is 2. The number of rotatable bonds is 6. The highest BCUT2D eigenvalue weighted by Gasteiger charge is 2.29. The van der Waals surface area contributed by atoms with Crippen LogP contribution in [0, 0.1) is 11.7 Å². The zero-order chi connectivity index (χ0) is 18.8. The van der Waals surface area contributed by atoms with Gasteiger partial charge < -0.3 is 5.32 Å². The fourth-order valence-corrected chi connectivity index (χ4v) is 4.03. The molecule has 1 saturated carbocycles. The molecule has 2 amide bonds. The second-order valence-electron chi connectivity index (χ2n) is 6.19. The summed E-state index contributed by atoms with van der Waals surface area (Å²) in [5.74, 6) is -0.481. The van der Waals surface area contributed by atoms with Crippen molar-refractivity contribution in [1.29, 1.82) is 0 Å². The van der Waals surface area contributed by atoms with Gasteiger partial charge in [-0.3, -0.25) is 14.9 Å². The van der Waals surface area contributed by atoms with E-state index >= 15 is 0 Å². The summed E-state index contributed by atoms with van der Waals surface area (Å²) in [6, 6.07) is 9.67. The van der Waals surface area contributed by atoms with Crippen LogP contribution in [0.1, 0.15) is 33.1 Å². The zero-order valence-electron chi connectivity index (χ0n) is 14.1. The Morgan fingerprint density at radius 3 is 2.74 bits per heavy atom. The predicted molar refractivity (Wildman–Crippen MR) is 103 cm³/mol. The second-order valence-corrected chi connectivity index (χ2v) is 8.34. The summed E-state index contributed by atoms with van der Waals surface area (Å²) in [4.78, 5) is 24.6. The van der Waals surface area contributed by atoms with Gasteiger partial charge in [-0.05, 0) is 42.7 Å². The van der Waals surface area contributed by atoms with Gasteiger partial charge in [0.25, 0.3) is 5.91 Å². The highest BCUT2D eigenvalue weighted by molar-refractivity contribution is 7.18. The van der Waals surface area contributed by atoms with E-state index in [0.29, 0.717) is 26.4 Å². The Bertz CT molecular complexity index is 997. The van der Waals surface area contributed by atoms with E-state index in [2.05, 4.69) is 20.8 Å². The quantitative estimate of drug-likeness (QED) is 0.654. The molecule has 0 bridgehead atoms. The van der Waals surface area contributed by atoms with E-state index in [-0.39, 0.29) is 23.5 Å². The molecule has 0 aliphatic heterocycles. The Balaban J connectivity index is 1.36. The van der Waals surface area contributed by atoms with Crippen molar-refractivity contribution in [2.75, 3.05) is 10.6 Å². The summed E-state index contributed by atoms with van der Waals surface area (Å²) in [5, 5.41) is 15.2. The normalized spacial score (nSPS) is 13.4. The van der Waals surface area contributed by atoms with Crippen LogP contribution in [0.3, 0.4) is 0 Å². The molecule has 0 spiro atoms. The van der Waals surface area contributed by atoms with E-state index in [4.69, 9.17) is 0 Å². The van der Waals surface area contributed by atoms with Gasteiger partial charge in [0.2, 0.25) is 11.0 Å². The first-order chi connectivity index (χ1) is 13.1. The number of amides is 2. The Kier molecular flexibility index (Phi) is 4.95. The topological polar surface area (TPSA) is 84.0 Å². The van der Waals surface area contributed by atoms with Crippen LogP contribution in [0.25, 0.3) is 0 Å². The first-order valence-corrected chi connectivity index (χ1v) is 9.99. The van der Waals surface area contributed by atoms with Crippen molar-refractivity contribution >= 4 is 44.6 Å². The molecule has 1 fully saturated rings. The summed E-state index contributed by atoms with van der Waals surface area (Å²) in [6.07, 6.45) is 2.31. The van der Waals surface area contributed by atoms with Gasteiger partial charge >= 0.3 is 0 Å². The third-order valence-corrected chi connectivity index (χ3v) is 5.79. The molecular weight excluding hydrogens is 387 g/mol. The lowest BCUT2D eigenvalue weighted by Crippen LogP contribution is -2.12. The van der Waals surface area contributed by atoms with Crippen LogP contribution in [-0.4, -0.2) is 22.0 Å². The van der Waals surface area contributed by atoms with Crippen LogP contribution in [-0.2, 0) is 11.2 Å². The van der Waals surface area contributed by atoms with E-state index in [0.717, 1.165) is 18.4 Å². The molecule has 0 saturated heterocycles. The largest absolute Gasteiger partial charge is 0.317 e. The molecule has 6 nitrogen and oxygen atoms in total. The SMILES string of the molecule is O=C(Nc1nnc(Cc2cccc(F)c2)s1)c1ccc(NC(=O)C2CC2)s1. The van der Waals surface area contributed by atoms with Crippen molar-refractivity contribution in [2.24, 2.45) is 5.92 Å². The number of thiophene rings is 1. The average molecular weight is 402 g/mol. The lowest BCUT2D eigenvalue weighted by atomic mass is 10.1. The number of carbonyl (C=O) groups excluding carboxylic acids is 2. The molecule has 1 aliphatic rings. The number of nitrogens with zero attached hydrogens (tertiary/aromatic N) is 2. The molecule has 2 aromatic heterocycles. The fraction of sp³-hybridized carbons (Fsp3) is 0.222. The summed E-state index contributed by atoms with van der Waals surface area (Å²) in [5.41, 5.74) is 0.790. The van der Waals surface area contributed by atoms with E-state index in [9.17, 15) is 14.0 Å². The van der Waals surface area contributed by atoms with Gasteiger partial charge in [-0.15, -0.1) is 21.5 Å². The lowest BCUT2D eigenvalue weighted by molar-refractivity contribution is -0.117. The van der Waals surface area contributed by atoms with Gasteiger partial charge in [0.15, 0.2) is 0 Å². The monoisotopic (exact) mass is 402 g/mol. The smallest absolute Gasteiger partial charge is 0.267 e. The van der Waals surface area contributed by atoms with E-state index < -0.39 is 0 Å². The Hall–Kier alpha value is -2.65. The molecule has 0 radical (unpaired) electrons. The number of hydrogen-bond acceptors (Lipinski definition) is 6. The fourth-order valence-electron chi connectivity index (χ4n) is 2.45. The number of nitrogens with one attached hydrogen (secondary N) is 2. The van der Waals surface area contributed by atoms with Crippen molar-refractivity contribution in [3.63, 3.8) is 0 Å². The third-order valence-electron chi connectivity index (χ3n) is 3.96. The second kappa shape index (κ2) is 7.53. The Morgan fingerprint density at radius 2 is 1.96 bits per heavy atom. The Labute approximate surface area is 162 Å². The maximum Gasteiger partial charge on any atom is 0.267 e. The van der Waals surface area contributed by atoms with Gasteiger partial charge in [0.05, 0.1) is 9.88 Å². The van der Waals surface area contributed by atoms with Crippen molar-refractivity contribution in [3.8, 4) is 0 Å². The summed E-state index contributed by atoms with van der Waals surface area (Å²) >= 11 is 2.46. The van der Waals surface area contributed by atoms with Crippen molar-refractivity contribution in [1.82, 2.24) is 10.2 Å². The van der Waals surface area contributed by atoms with Crippen molar-refractivity contribution < 1.29 is 14.0 Å². The highest BCUT2D eigenvalue weighted by atomic mass is 32.1. The highest BCUT2D eigenvalue weighted by Crippen LogP contribution is 2.32. The van der Waals surface area contributed by atoms with Gasteiger partial charge in [-0.25, -0.2) is 4.39 Å². The van der Waals surface area contributed by atoms with Crippen LogP contribution >= 0.6 is 22.7 Å². The zero-order valence-corrected chi connectivity index (χ0v) is 15.7. The van der Waals surface area contributed by atoms with Crippen LogP contribution in [0.15, 0.2) is 36.4 Å². The molecule has 1 aliphatic carbocycles. The number of benzene rings is 1. The first-order valence-electron chi connectivity index (χ1n) is 8.36.